The van der Waals surface area contributed by atoms with E-state index in [1.807, 2.05) is 24.3 Å². The van der Waals surface area contributed by atoms with Crippen molar-refractivity contribution < 1.29 is 14.3 Å². The Hall–Kier alpha value is -1.53. The van der Waals surface area contributed by atoms with Crippen molar-refractivity contribution in [2.45, 2.75) is 24.3 Å². The minimum absolute atomic E-state index is 0.189. The average molecular weight is 296 g/mol. The number of carbonyl (C=O) groups excluding carboxylic acids is 2. The molecule has 0 heterocycles. The monoisotopic (exact) mass is 296 g/mol. The van der Waals surface area contributed by atoms with Gasteiger partial charge in [-0.15, -0.1) is 12.6 Å². The van der Waals surface area contributed by atoms with Gasteiger partial charge in [0.2, 0.25) is 11.8 Å². The molecule has 1 atom stereocenters. The molecule has 0 bridgehead atoms. The zero-order valence-corrected chi connectivity index (χ0v) is 12.6. The first-order chi connectivity index (χ1) is 9.52. The zero-order chi connectivity index (χ0) is 15.0. The molecule has 0 aromatic heterocycles. The number of nitrogens with one attached hydrogen (secondary N) is 2. The number of amides is 2. The summed E-state index contributed by atoms with van der Waals surface area (Å²) in [4.78, 5) is 24.3. The smallest absolute Gasteiger partial charge is 0.242 e. The van der Waals surface area contributed by atoms with Crippen molar-refractivity contribution in [3.63, 3.8) is 0 Å². The Bertz CT molecular complexity index is 448. The van der Waals surface area contributed by atoms with Crippen LogP contribution in [0.3, 0.4) is 0 Å². The third-order valence-corrected chi connectivity index (χ3v) is 2.98. The van der Waals surface area contributed by atoms with E-state index in [1.54, 1.807) is 14.0 Å². The number of methoxy groups -OCH3 is 1. The fourth-order valence-electron chi connectivity index (χ4n) is 1.59. The second kappa shape index (κ2) is 8.60. The molecule has 1 aromatic carbocycles. The minimum atomic E-state index is -0.566. The van der Waals surface area contributed by atoms with E-state index in [0.717, 1.165) is 10.5 Å². The lowest BCUT2D eigenvalue weighted by Gasteiger charge is -2.14. The summed E-state index contributed by atoms with van der Waals surface area (Å²) in [6.07, 6.45) is 0.240. The summed E-state index contributed by atoms with van der Waals surface area (Å²) in [5.41, 5.74) is 0.882. The molecule has 0 aliphatic carbocycles. The first-order valence-electron chi connectivity index (χ1n) is 6.37. The van der Waals surface area contributed by atoms with Crippen molar-refractivity contribution in [1.29, 1.82) is 0 Å². The molecule has 0 aliphatic heterocycles. The van der Waals surface area contributed by atoms with E-state index < -0.39 is 6.04 Å². The number of benzene rings is 1. The molecule has 6 heteroatoms. The largest absolute Gasteiger partial charge is 0.383 e. The van der Waals surface area contributed by atoms with Crippen molar-refractivity contribution >= 4 is 24.4 Å². The van der Waals surface area contributed by atoms with Crippen molar-refractivity contribution in [2.24, 2.45) is 0 Å². The van der Waals surface area contributed by atoms with Crippen LogP contribution in [-0.2, 0) is 20.7 Å². The Morgan fingerprint density at radius 1 is 1.30 bits per heavy atom. The van der Waals surface area contributed by atoms with E-state index >= 15 is 0 Å². The summed E-state index contributed by atoms with van der Waals surface area (Å²) in [5, 5.41) is 5.33. The summed E-state index contributed by atoms with van der Waals surface area (Å²) in [6, 6.07) is 6.76. The van der Waals surface area contributed by atoms with Gasteiger partial charge in [0.1, 0.15) is 6.04 Å². The third kappa shape index (κ3) is 6.08. The lowest BCUT2D eigenvalue weighted by atomic mass is 10.1. The Balaban J connectivity index is 2.37. The number of hydrogen-bond acceptors (Lipinski definition) is 4. The summed E-state index contributed by atoms with van der Waals surface area (Å²) in [5.74, 6) is -0.410. The number of thiol groups is 1. The summed E-state index contributed by atoms with van der Waals surface area (Å²) < 4.78 is 4.83. The predicted octanol–water partition coefficient (Wildman–Crippen LogP) is 0.785. The predicted molar refractivity (Wildman–Crippen MR) is 79.9 cm³/mol. The van der Waals surface area contributed by atoms with Gasteiger partial charge in [0.15, 0.2) is 0 Å². The lowest BCUT2D eigenvalue weighted by molar-refractivity contribution is -0.128. The fourth-order valence-corrected chi connectivity index (χ4v) is 1.74. The van der Waals surface area contributed by atoms with Crippen molar-refractivity contribution in [3.8, 4) is 0 Å². The normalized spacial score (nSPS) is 11.8. The highest BCUT2D eigenvalue weighted by molar-refractivity contribution is 7.80. The highest BCUT2D eigenvalue weighted by Gasteiger charge is 2.15. The van der Waals surface area contributed by atoms with E-state index in [2.05, 4.69) is 23.3 Å². The second-order valence-electron chi connectivity index (χ2n) is 4.42. The molecule has 0 saturated heterocycles. The topological polar surface area (TPSA) is 67.4 Å². The molecule has 1 unspecified atom stereocenters. The van der Waals surface area contributed by atoms with Crippen molar-refractivity contribution in [3.05, 3.63) is 29.8 Å². The van der Waals surface area contributed by atoms with Crippen LogP contribution >= 0.6 is 12.6 Å². The van der Waals surface area contributed by atoms with E-state index in [0.29, 0.717) is 13.2 Å². The quantitative estimate of drug-likeness (QED) is 0.515. The van der Waals surface area contributed by atoms with Crippen LogP contribution in [0.5, 0.6) is 0 Å². The van der Waals surface area contributed by atoms with Crippen LogP contribution in [0.1, 0.15) is 12.5 Å². The van der Waals surface area contributed by atoms with Crippen LogP contribution in [0, 0.1) is 0 Å². The molecule has 0 aliphatic rings. The fraction of sp³-hybridized carbons (Fsp3) is 0.429. The van der Waals surface area contributed by atoms with Gasteiger partial charge in [-0.3, -0.25) is 9.59 Å². The van der Waals surface area contributed by atoms with Gasteiger partial charge >= 0.3 is 0 Å². The summed E-state index contributed by atoms with van der Waals surface area (Å²) in [7, 11) is 1.56. The maximum absolute atomic E-state index is 11.8. The summed E-state index contributed by atoms with van der Waals surface area (Å²) >= 11 is 4.18. The molecule has 110 valence electrons. The molecule has 0 spiro atoms. The standard InChI is InChI=1S/C14H20N2O3S/c1-10(14(18)15-7-8-19-2)16-13(17)9-11-3-5-12(20)6-4-11/h3-6,10,20H,7-9H2,1-2H3,(H,15,18)(H,16,17). The van der Waals surface area contributed by atoms with Crippen LogP contribution in [0.4, 0.5) is 0 Å². The van der Waals surface area contributed by atoms with Gasteiger partial charge in [-0.2, -0.15) is 0 Å². The number of ether oxygens (including phenoxy) is 1. The van der Waals surface area contributed by atoms with E-state index in [4.69, 9.17) is 4.74 Å². The van der Waals surface area contributed by atoms with E-state index in [1.165, 1.54) is 0 Å². The van der Waals surface area contributed by atoms with Gasteiger partial charge in [0, 0.05) is 18.6 Å². The Labute approximate surface area is 124 Å². The van der Waals surface area contributed by atoms with Crippen molar-refractivity contribution in [2.75, 3.05) is 20.3 Å². The minimum Gasteiger partial charge on any atom is -0.383 e. The lowest BCUT2D eigenvalue weighted by Crippen LogP contribution is -2.46. The second-order valence-corrected chi connectivity index (χ2v) is 4.93. The Kier molecular flexibility index (Phi) is 7.11. The Morgan fingerprint density at radius 2 is 1.95 bits per heavy atom. The third-order valence-electron chi connectivity index (χ3n) is 2.68. The number of hydrogen-bond donors (Lipinski definition) is 3. The molecule has 0 fully saturated rings. The molecule has 5 nitrogen and oxygen atoms in total. The average Bonchev–Trinajstić information content (AvgIpc) is 2.41. The van der Waals surface area contributed by atoms with Crippen LogP contribution in [0.25, 0.3) is 0 Å². The number of rotatable bonds is 7. The summed E-state index contributed by atoms with van der Waals surface area (Å²) in [6.45, 7) is 2.53. The van der Waals surface area contributed by atoms with Gasteiger partial charge in [-0.25, -0.2) is 0 Å². The number of carbonyl (C=O) groups is 2. The molecule has 1 rings (SSSR count). The highest BCUT2D eigenvalue weighted by atomic mass is 32.1. The molecule has 2 amide bonds. The maximum Gasteiger partial charge on any atom is 0.242 e. The molecule has 20 heavy (non-hydrogen) atoms. The van der Waals surface area contributed by atoms with Gasteiger partial charge < -0.3 is 15.4 Å². The molecule has 0 saturated carbocycles. The van der Waals surface area contributed by atoms with Gasteiger partial charge in [-0.1, -0.05) is 12.1 Å². The van der Waals surface area contributed by atoms with E-state index in [-0.39, 0.29) is 18.2 Å². The maximum atomic E-state index is 11.8. The van der Waals surface area contributed by atoms with Gasteiger partial charge in [0.25, 0.3) is 0 Å². The van der Waals surface area contributed by atoms with Crippen LogP contribution in [0.2, 0.25) is 0 Å². The van der Waals surface area contributed by atoms with Gasteiger partial charge in [0.05, 0.1) is 13.0 Å². The van der Waals surface area contributed by atoms with Crippen LogP contribution < -0.4 is 10.6 Å². The first kappa shape index (κ1) is 16.5. The molecule has 2 N–H and O–H groups in total. The van der Waals surface area contributed by atoms with E-state index in [9.17, 15) is 9.59 Å². The Morgan fingerprint density at radius 3 is 2.55 bits per heavy atom. The SMILES string of the molecule is COCCNC(=O)C(C)NC(=O)Cc1ccc(S)cc1. The van der Waals surface area contributed by atoms with Crippen LogP contribution in [-0.4, -0.2) is 38.1 Å². The molecular weight excluding hydrogens is 276 g/mol. The van der Waals surface area contributed by atoms with Crippen molar-refractivity contribution in [1.82, 2.24) is 10.6 Å². The molecule has 1 aromatic rings. The molecular formula is C14H20N2O3S. The van der Waals surface area contributed by atoms with Gasteiger partial charge in [-0.05, 0) is 24.6 Å². The van der Waals surface area contributed by atoms with Crippen LogP contribution in [0.15, 0.2) is 29.2 Å². The molecule has 0 radical (unpaired) electrons. The highest BCUT2D eigenvalue weighted by Crippen LogP contribution is 2.08. The zero-order valence-electron chi connectivity index (χ0n) is 11.7. The first-order valence-corrected chi connectivity index (χ1v) is 6.81.